The molecule has 94 valence electrons. The van der Waals surface area contributed by atoms with Gasteiger partial charge in [0.1, 0.15) is 12.2 Å². The molecule has 1 aliphatic carbocycles. The molecule has 0 atom stereocenters. The molecule has 18 heavy (non-hydrogen) atoms. The van der Waals surface area contributed by atoms with Crippen LogP contribution < -0.4 is 5.32 Å². The lowest BCUT2D eigenvalue weighted by Gasteiger charge is -2.09. The average Bonchev–Trinajstić information content (AvgIpc) is 3.15. The number of rotatable bonds is 5. The molecule has 4 heteroatoms. The molecule has 2 aromatic rings. The van der Waals surface area contributed by atoms with Crippen molar-refractivity contribution in [1.29, 1.82) is 0 Å². The van der Waals surface area contributed by atoms with Gasteiger partial charge in [-0.15, -0.1) is 10.2 Å². The Labute approximate surface area is 107 Å². The quantitative estimate of drug-likeness (QED) is 0.872. The fourth-order valence-corrected chi connectivity index (χ4v) is 2.26. The number of hydrogen-bond donors (Lipinski definition) is 1. The third kappa shape index (κ3) is 2.43. The van der Waals surface area contributed by atoms with E-state index in [9.17, 15) is 0 Å². The lowest BCUT2D eigenvalue weighted by Crippen LogP contribution is -2.16. The molecule has 1 aromatic carbocycles. The van der Waals surface area contributed by atoms with Crippen LogP contribution in [-0.2, 0) is 20.1 Å². The predicted molar refractivity (Wildman–Crippen MR) is 70.0 cm³/mol. The number of benzene rings is 1. The van der Waals surface area contributed by atoms with Crippen molar-refractivity contribution in [2.45, 2.75) is 31.8 Å². The van der Waals surface area contributed by atoms with E-state index in [4.69, 9.17) is 0 Å². The van der Waals surface area contributed by atoms with Gasteiger partial charge in [0.05, 0.1) is 6.54 Å². The number of nitrogens with zero attached hydrogens (tertiary/aromatic N) is 3. The zero-order valence-corrected chi connectivity index (χ0v) is 10.6. The number of hydrogen-bond acceptors (Lipinski definition) is 3. The lowest BCUT2D eigenvalue weighted by atomic mass is 10.0. The molecule has 0 aliphatic heterocycles. The van der Waals surface area contributed by atoms with Crippen molar-refractivity contribution in [2.75, 3.05) is 0 Å². The Morgan fingerprint density at radius 2 is 2.11 bits per heavy atom. The first-order valence-corrected chi connectivity index (χ1v) is 6.46. The maximum absolute atomic E-state index is 4.07. The van der Waals surface area contributed by atoms with Crippen LogP contribution in [0.25, 0.3) is 0 Å². The molecule has 1 saturated carbocycles. The van der Waals surface area contributed by atoms with Gasteiger partial charge in [-0.05, 0) is 29.9 Å². The Kier molecular flexibility index (Phi) is 3.11. The first-order chi connectivity index (χ1) is 8.84. The fourth-order valence-electron chi connectivity index (χ4n) is 2.26. The first-order valence-electron chi connectivity index (χ1n) is 6.46. The third-order valence-corrected chi connectivity index (χ3v) is 3.48. The summed E-state index contributed by atoms with van der Waals surface area (Å²) >= 11 is 0. The maximum atomic E-state index is 4.07. The van der Waals surface area contributed by atoms with E-state index in [1.54, 1.807) is 6.33 Å². The summed E-state index contributed by atoms with van der Waals surface area (Å²) in [6, 6.07) is 8.74. The second-order valence-corrected chi connectivity index (χ2v) is 4.93. The van der Waals surface area contributed by atoms with E-state index in [0.29, 0.717) is 0 Å². The van der Waals surface area contributed by atoms with Crippen LogP contribution in [0.1, 0.15) is 35.7 Å². The van der Waals surface area contributed by atoms with Crippen molar-refractivity contribution in [1.82, 2.24) is 20.1 Å². The molecule has 1 aliphatic rings. The topological polar surface area (TPSA) is 42.7 Å². The van der Waals surface area contributed by atoms with Crippen LogP contribution in [-0.4, -0.2) is 14.8 Å². The van der Waals surface area contributed by atoms with Gasteiger partial charge in [-0.25, -0.2) is 0 Å². The van der Waals surface area contributed by atoms with E-state index in [1.807, 2.05) is 11.6 Å². The second-order valence-electron chi connectivity index (χ2n) is 4.93. The predicted octanol–water partition coefficient (Wildman–Crippen LogP) is 1.98. The summed E-state index contributed by atoms with van der Waals surface area (Å²) in [6.07, 6.45) is 4.43. The van der Waals surface area contributed by atoms with Gasteiger partial charge in [0, 0.05) is 13.6 Å². The molecule has 0 spiro atoms. The highest BCUT2D eigenvalue weighted by Crippen LogP contribution is 2.41. The van der Waals surface area contributed by atoms with Crippen LogP contribution in [0, 0.1) is 0 Å². The van der Waals surface area contributed by atoms with Crippen molar-refractivity contribution >= 4 is 0 Å². The highest BCUT2D eigenvalue weighted by molar-refractivity contribution is 5.33. The first kappa shape index (κ1) is 11.4. The fraction of sp³-hybridized carbons (Fsp3) is 0.429. The van der Waals surface area contributed by atoms with Gasteiger partial charge in [-0.1, -0.05) is 24.3 Å². The zero-order chi connectivity index (χ0) is 12.4. The largest absolute Gasteiger partial charge is 0.320 e. The Morgan fingerprint density at radius 1 is 1.28 bits per heavy atom. The van der Waals surface area contributed by atoms with Gasteiger partial charge in [0.25, 0.3) is 0 Å². The Bertz CT molecular complexity index is 528. The number of nitrogens with one attached hydrogen (secondary N) is 1. The minimum Gasteiger partial charge on any atom is -0.320 e. The van der Waals surface area contributed by atoms with Gasteiger partial charge < -0.3 is 9.88 Å². The van der Waals surface area contributed by atoms with E-state index < -0.39 is 0 Å². The minimum absolute atomic E-state index is 0.759. The smallest absolute Gasteiger partial charge is 0.146 e. The highest BCUT2D eigenvalue weighted by Gasteiger charge is 2.25. The monoisotopic (exact) mass is 242 g/mol. The second kappa shape index (κ2) is 4.90. The summed E-state index contributed by atoms with van der Waals surface area (Å²) in [7, 11) is 1.97. The van der Waals surface area contributed by atoms with E-state index in [1.165, 1.54) is 24.0 Å². The molecular weight excluding hydrogens is 224 g/mol. The van der Waals surface area contributed by atoms with Crippen molar-refractivity contribution in [3.8, 4) is 0 Å². The van der Waals surface area contributed by atoms with E-state index in [0.717, 1.165) is 24.8 Å². The van der Waals surface area contributed by atoms with Crippen LogP contribution in [0.15, 0.2) is 30.6 Å². The van der Waals surface area contributed by atoms with Crippen molar-refractivity contribution in [2.24, 2.45) is 7.05 Å². The highest BCUT2D eigenvalue weighted by atomic mass is 15.3. The molecule has 0 bridgehead atoms. The summed E-state index contributed by atoms with van der Waals surface area (Å²) in [4.78, 5) is 0. The summed E-state index contributed by atoms with van der Waals surface area (Å²) in [5.74, 6) is 1.77. The van der Waals surface area contributed by atoms with Crippen LogP contribution in [0.5, 0.6) is 0 Å². The van der Waals surface area contributed by atoms with Gasteiger partial charge in [-0.3, -0.25) is 0 Å². The summed E-state index contributed by atoms with van der Waals surface area (Å²) in [5.41, 5.74) is 2.94. The van der Waals surface area contributed by atoms with E-state index in [-0.39, 0.29) is 0 Å². The zero-order valence-electron chi connectivity index (χ0n) is 10.6. The van der Waals surface area contributed by atoms with Crippen LogP contribution in [0.3, 0.4) is 0 Å². The number of aryl methyl sites for hydroxylation is 1. The van der Waals surface area contributed by atoms with E-state index in [2.05, 4.69) is 39.8 Å². The van der Waals surface area contributed by atoms with Gasteiger partial charge >= 0.3 is 0 Å². The summed E-state index contributed by atoms with van der Waals surface area (Å²) < 4.78 is 1.94. The molecule has 1 N–H and O–H groups in total. The van der Waals surface area contributed by atoms with Crippen LogP contribution in [0.2, 0.25) is 0 Å². The van der Waals surface area contributed by atoms with Crippen molar-refractivity contribution in [3.63, 3.8) is 0 Å². The standard InChI is InChI=1S/C14H18N4/c1-18-10-16-17-14(18)9-15-8-12-4-2-3-5-13(12)11-6-7-11/h2-5,10-11,15H,6-9H2,1H3. The lowest BCUT2D eigenvalue weighted by molar-refractivity contribution is 0.634. The van der Waals surface area contributed by atoms with Gasteiger partial charge in [-0.2, -0.15) is 0 Å². The molecule has 0 saturated heterocycles. The molecule has 0 amide bonds. The molecule has 0 unspecified atom stereocenters. The van der Waals surface area contributed by atoms with Gasteiger partial charge in [0.15, 0.2) is 0 Å². The van der Waals surface area contributed by atoms with Crippen molar-refractivity contribution in [3.05, 3.63) is 47.5 Å². The summed E-state index contributed by atoms with van der Waals surface area (Å²) in [5, 5.41) is 11.4. The average molecular weight is 242 g/mol. The van der Waals surface area contributed by atoms with Crippen LogP contribution in [0.4, 0.5) is 0 Å². The molecule has 1 aromatic heterocycles. The normalized spacial score (nSPS) is 14.9. The molecule has 1 fully saturated rings. The Hall–Kier alpha value is -1.68. The van der Waals surface area contributed by atoms with Crippen molar-refractivity contribution < 1.29 is 0 Å². The molecule has 4 nitrogen and oxygen atoms in total. The Morgan fingerprint density at radius 3 is 2.83 bits per heavy atom. The maximum Gasteiger partial charge on any atom is 0.146 e. The SMILES string of the molecule is Cn1cnnc1CNCc1ccccc1C1CC1. The Balaban J connectivity index is 1.61. The number of aromatic nitrogens is 3. The van der Waals surface area contributed by atoms with Gasteiger partial charge in [0.2, 0.25) is 0 Å². The molecule has 0 radical (unpaired) electrons. The van der Waals surface area contributed by atoms with Crippen LogP contribution >= 0.6 is 0 Å². The van der Waals surface area contributed by atoms with E-state index >= 15 is 0 Å². The summed E-state index contributed by atoms with van der Waals surface area (Å²) in [6.45, 7) is 1.66. The molecular formula is C14H18N4. The minimum atomic E-state index is 0.759. The third-order valence-electron chi connectivity index (χ3n) is 3.48. The molecule has 3 rings (SSSR count). The molecule has 1 heterocycles.